The summed E-state index contributed by atoms with van der Waals surface area (Å²) in [7, 11) is 0. The molecule has 0 saturated heterocycles. The average Bonchev–Trinajstić information content (AvgIpc) is 2.30. The Morgan fingerprint density at radius 3 is 2.47 bits per heavy atom. The molecule has 0 atom stereocenters. The number of nitrogens with one attached hydrogen (secondary N) is 2. The molecule has 0 aliphatic rings. The van der Waals surface area contributed by atoms with E-state index >= 15 is 0 Å². The Morgan fingerprint density at radius 1 is 1.26 bits per heavy atom. The van der Waals surface area contributed by atoms with Gasteiger partial charge >= 0.3 is 6.03 Å². The van der Waals surface area contributed by atoms with Crippen LogP contribution in [0, 0.1) is 0 Å². The molecule has 1 aromatic rings. The van der Waals surface area contributed by atoms with Gasteiger partial charge in [-0.2, -0.15) is 0 Å². The van der Waals surface area contributed by atoms with Gasteiger partial charge in [0.25, 0.3) is 0 Å². The lowest BCUT2D eigenvalue weighted by molar-refractivity contribution is 0.0106. The van der Waals surface area contributed by atoms with E-state index < -0.39 is 5.92 Å². The maximum Gasteiger partial charge on any atom is 0.319 e. The topological polar surface area (TPSA) is 41.1 Å². The Kier molecular flexibility index (Phi) is 6.21. The summed E-state index contributed by atoms with van der Waals surface area (Å²) >= 11 is 3.30. The summed E-state index contributed by atoms with van der Waals surface area (Å²) in [6, 6.07) is 6.84. The maximum atomic E-state index is 12.5. The summed E-state index contributed by atoms with van der Waals surface area (Å²) < 4.78 is 26.0. The van der Waals surface area contributed by atoms with Crippen molar-refractivity contribution in [3.63, 3.8) is 0 Å². The molecule has 6 heteroatoms. The fourth-order valence-electron chi connectivity index (χ4n) is 1.47. The van der Waals surface area contributed by atoms with Gasteiger partial charge in [-0.1, -0.05) is 15.9 Å². The summed E-state index contributed by atoms with van der Waals surface area (Å²) in [6.07, 6.45) is 0.780. The molecule has 0 aliphatic carbocycles. The van der Waals surface area contributed by atoms with Gasteiger partial charge in [0.1, 0.15) is 0 Å². The third kappa shape index (κ3) is 7.77. The molecular formula is C13H17BrF2N2O. The van der Waals surface area contributed by atoms with Crippen LogP contribution >= 0.6 is 15.9 Å². The minimum atomic E-state index is -2.63. The lowest BCUT2D eigenvalue weighted by atomic mass is 10.1. The predicted octanol–water partition coefficient (Wildman–Crippen LogP) is 4.40. The number of hydrogen-bond donors (Lipinski definition) is 2. The molecule has 19 heavy (non-hydrogen) atoms. The van der Waals surface area contributed by atoms with Gasteiger partial charge in [-0.3, -0.25) is 0 Å². The average molecular weight is 335 g/mol. The van der Waals surface area contributed by atoms with Crippen LogP contribution in [0.25, 0.3) is 0 Å². The molecule has 1 rings (SSSR count). The van der Waals surface area contributed by atoms with Crippen LogP contribution in [0.1, 0.15) is 26.2 Å². The fraction of sp³-hybridized carbons (Fsp3) is 0.462. The molecule has 1 aromatic carbocycles. The molecule has 0 fully saturated rings. The third-order valence-corrected chi connectivity index (χ3v) is 2.96. The van der Waals surface area contributed by atoms with E-state index in [-0.39, 0.29) is 12.5 Å². The smallest absolute Gasteiger partial charge is 0.319 e. The SMILES string of the molecule is CC(F)(F)CCCCNC(=O)Nc1ccc(Br)cc1. The lowest BCUT2D eigenvalue weighted by Gasteiger charge is -2.10. The van der Waals surface area contributed by atoms with Gasteiger partial charge < -0.3 is 10.6 Å². The number of amides is 2. The molecule has 0 saturated carbocycles. The van der Waals surface area contributed by atoms with Crippen LogP contribution < -0.4 is 10.6 Å². The van der Waals surface area contributed by atoms with Gasteiger partial charge in [0, 0.05) is 23.1 Å². The Hall–Kier alpha value is -1.17. The highest BCUT2D eigenvalue weighted by atomic mass is 79.9. The zero-order chi connectivity index (χ0) is 14.3. The first-order chi connectivity index (χ1) is 8.87. The number of halogens is 3. The first-order valence-corrected chi connectivity index (χ1v) is 6.84. The van der Waals surface area contributed by atoms with E-state index in [1.54, 1.807) is 12.1 Å². The fourth-order valence-corrected chi connectivity index (χ4v) is 1.74. The molecular weight excluding hydrogens is 318 g/mol. The van der Waals surface area contributed by atoms with E-state index in [0.717, 1.165) is 11.4 Å². The lowest BCUT2D eigenvalue weighted by Crippen LogP contribution is -2.29. The van der Waals surface area contributed by atoms with Crippen molar-refractivity contribution in [1.82, 2.24) is 5.32 Å². The number of carbonyl (C=O) groups is 1. The minimum absolute atomic E-state index is 0.150. The van der Waals surface area contributed by atoms with Crippen molar-refractivity contribution >= 4 is 27.6 Å². The van der Waals surface area contributed by atoms with E-state index in [0.29, 0.717) is 25.1 Å². The van der Waals surface area contributed by atoms with E-state index in [2.05, 4.69) is 26.6 Å². The molecule has 0 aliphatic heterocycles. The van der Waals surface area contributed by atoms with E-state index in [1.165, 1.54) is 0 Å². The van der Waals surface area contributed by atoms with Crippen LogP contribution in [-0.4, -0.2) is 18.5 Å². The normalized spacial score (nSPS) is 11.2. The molecule has 2 amide bonds. The quantitative estimate of drug-likeness (QED) is 0.744. The van der Waals surface area contributed by atoms with E-state index in [9.17, 15) is 13.6 Å². The second-order valence-electron chi connectivity index (χ2n) is 4.42. The Bertz CT molecular complexity index is 404. The van der Waals surface area contributed by atoms with E-state index in [1.807, 2.05) is 12.1 Å². The van der Waals surface area contributed by atoms with Crippen LogP contribution in [0.5, 0.6) is 0 Å². The van der Waals surface area contributed by atoms with Crippen molar-refractivity contribution in [2.24, 2.45) is 0 Å². The summed E-state index contributed by atoms with van der Waals surface area (Å²) in [5.41, 5.74) is 0.681. The summed E-state index contributed by atoms with van der Waals surface area (Å²) in [6.45, 7) is 1.29. The van der Waals surface area contributed by atoms with Crippen LogP contribution in [0.15, 0.2) is 28.7 Å². The van der Waals surface area contributed by atoms with Crippen molar-refractivity contribution < 1.29 is 13.6 Å². The number of unbranched alkanes of at least 4 members (excludes halogenated alkanes) is 1. The van der Waals surface area contributed by atoms with Gasteiger partial charge in [-0.15, -0.1) is 0 Å². The number of carbonyl (C=O) groups excluding carboxylic acids is 1. The van der Waals surface area contributed by atoms with Gasteiger partial charge in [0.2, 0.25) is 5.92 Å². The van der Waals surface area contributed by atoms with Crippen molar-refractivity contribution in [3.05, 3.63) is 28.7 Å². The summed E-state index contributed by atoms with van der Waals surface area (Å²) in [5.74, 6) is -2.63. The summed E-state index contributed by atoms with van der Waals surface area (Å²) in [4.78, 5) is 11.5. The zero-order valence-electron chi connectivity index (χ0n) is 10.7. The largest absolute Gasteiger partial charge is 0.338 e. The van der Waals surface area contributed by atoms with Gasteiger partial charge in [-0.05, 0) is 44.0 Å². The molecule has 3 nitrogen and oxygen atoms in total. The standard InChI is InChI=1S/C13H17BrF2N2O/c1-13(15,16)8-2-3-9-17-12(19)18-11-6-4-10(14)5-7-11/h4-7H,2-3,8-9H2,1H3,(H2,17,18,19). The second-order valence-corrected chi connectivity index (χ2v) is 5.33. The maximum absolute atomic E-state index is 12.5. The first-order valence-electron chi connectivity index (χ1n) is 6.05. The molecule has 0 aromatic heterocycles. The van der Waals surface area contributed by atoms with Crippen molar-refractivity contribution in [3.8, 4) is 0 Å². The van der Waals surface area contributed by atoms with Crippen LogP contribution in [0.2, 0.25) is 0 Å². The number of urea groups is 1. The molecule has 0 heterocycles. The highest BCUT2D eigenvalue weighted by Gasteiger charge is 2.19. The van der Waals surface area contributed by atoms with Crippen LogP contribution in [0.3, 0.4) is 0 Å². The number of rotatable bonds is 6. The highest BCUT2D eigenvalue weighted by Crippen LogP contribution is 2.19. The number of alkyl halides is 2. The third-order valence-electron chi connectivity index (χ3n) is 2.43. The molecule has 106 valence electrons. The number of anilines is 1. The minimum Gasteiger partial charge on any atom is -0.338 e. The van der Waals surface area contributed by atoms with Gasteiger partial charge in [0.05, 0.1) is 0 Å². The van der Waals surface area contributed by atoms with Crippen LogP contribution in [-0.2, 0) is 0 Å². The van der Waals surface area contributed by atoms with Crippen LogP contribution in [0.4, 0.5) is 19.3 Å². The van der Waals surface area contributed by atoms with Gasteiger partial charge in [-0.25, -0.2) is 13.6 Å². The Balaban J connectivity index is 2.16. The van der Waals surface area contributed by atoms with Gasteiger partial charge in [0.15, 0.2) is 0 Å². The molecule has 0 bridgehead atoms. The Morgan fingerprint density at radius 2 is 1.89 bits per heavy atom. The van der Waals surface area contributed by atoms with Crippen molar-refractivity contribution in [2.45, 2.75) is 32.1 Å². The molecule has 2 N–H and O–H groups in total. The van der Waals surface area contributed by atoms with E-state index in [4.69, 9.17) is 0 Å². The van der Waals surface area contributed by atoms with Crippen molar-refractivity contribution in [2.75, 3.05) is 11.9 Å². The number of benzene rings is 1. The molecule has 0 radical (unpaired) electrons. The first kappa shape index (κ1) is 15.9. The number of hydrogen-bond acceptors (Lipinski definition) is 1. The van der Waals surface area contributed by atoms with Crippen molar-refractivity contribution in [1.29, 1.82) is 0 Å². The highest BCUT2D eigenvalue weighted by molar-refractivity contribution is 9.10. The molecule has 0 spiro atoms. The Labute approximate surface area is 119 Å². The monoisotopic (exact) mass is 334 g/mol. The zero-order valence-corrected chi connectivity index (χ0v) is 12.3. The predicted molar refractivity (Wildman–Crippen MR) is 75.6 cm³/mol. The summed E-state index contributed by atoms with van der Waals surface area (Å²) in [5, 5.41) is 5.28. The molecule has 0 unspecified atom stereocenters. The second kappa shape index (κ2) is 7.43.